The lowest BCUT2D eigenvalue weighted by molar-refractivity contribution is -0.328. The van der Waals surface area contributed by atoms with Gasteiger partial charge < -0.3 is 0 Å². The molecule has 0 heterocycles. The van der Waals surface area contributed by atoms with Crippen molar-refractivity contribution in [1.29, 1.82) is 0 Å². The highest BCUT2D eigenvalue weighted by Gasteiger charge is 2.75. The molecule has 8 saturated carbocycles. The van der Waals surface area contributed by atoms with Gasteiger partial charge in [0.05, 0.1) is 0 Å². The third kappa shape index (κ3) is 0.526. The number of allylic oxidation sites excluding steroid dienone is 2. The van der Waals surface area contributed by atoms with Crippen molar-refractivity contribution in [2.75, 3.05) is 0 Å². The van der Waals surface area contributed by atoms with Crippen molar-refractivity contribution in [1.82, 2.24) is 0 Å². The van der Waals surface area contributed by atoms with Crippen LogP contribution in [-0.2, 0) is 0 Å². The van der Waals surface area contributed by atoms with Gasteiger partial charge in [0.2, 0.25) is 0 Å². The SMILES string of the molecule is C1=C/CC2CC3C4C(C/1)CC1C2C4C31. The minimum absolute atomic E-state index is 1.12. The fourth-order valence-electron chi connectivity index (χ4n) is 6.47. The van der Waals surface area contributed by atoms with Gasteiger partial charge in [0.1, 0.15) is 0 Å². The van der Waals surface area contributed by atoms with E-state index in [1.54, 1.807) is 12.8 Å². The van der Waals surface area contributed by atoms with E-state index in [0.717, 1.165) is 11.8 Å². The van der Waals surface area contributed by atoms with E-state index < -0.39 is 0 Å². The van der Waals surface area contributed by atoms with Crippen molar-refractivity contribution < 1.29 is 0 Å². The van der Waals surface area contributed by atoms with Gasteiger partial charge in [-0.05, 0) is 73.0 Å². The van der Waals surface area contributed by atoms with Gasteiger partial charge in [0, 0.05) is 0 Å². The van der Waals surface area contributed by atoms with E-state index in [2.05, 4.69) is 12.2 Å². The molecule has 0 aromatic heterocycles. The maximum atomic E-state index is 2.51. The Labute approximate surface area is 85.8 Å². The fourth-order valence-corrected chi connectivity index (χ4v) is 6.47. The Morgan fingerprint density at radius 2 is 1.21 bits per heavy atom. The Morgan fingerprint density at radius 1 is 0.643 bits per heavy atom. The van der Waals surface area contributed by atoms with Gasteiger partial charge >= 0.3 is 0 Å². The first-order valence-corrected chi connectivity index (χ1v) is 6.60. The maximum absolute atomic E-state index is 2.51. The highest BCUT2D eigenvalue weighted by Crippen LogP contribution is 2.80. The van der Waals surface area contributed by atoms with Gasteiger partial charge in [-0.3, -0.25) is 0 Å². The van der Waals surface area contributed by atoms with Crippen molar-refractivity contribution in [3.8, 4) is 0 Å². The van der Waals surface area contributed by atoms with E-state index in [1.807, 2.05) is 0 Å². The van der Waals surface area contributed by atoms with Crippen molar-refractivity contribution in [2.24, 2.45) is 47.3 Å². The lowest BCUT2D eigenvalue weighted by Gasteiger charge is -2.80. The molecular formula is C14H18. The van der Waals surface area contributed by atoms with Crippen molar-refractivity contribution in [3.05, 3.63) is 12.2 Å². The molecule has 0 aromatic carbocycles. The lowest BCUT2D eigenvalue weighted by Crippen LogP contribution is -2.75. The van der Waals surface area contributed by atoms with Crippen LogP contribution in [0.1, 0.15) is 25.7 Å². The minimum Gasteiger partial charge on any atom is -0.0882 e. The number of hydrogen-bond acceptors (Lipinski definition) is 0. The summed E-state index contributed by atoms with van der Waals surface area (Å²) >= 11 is 0. The average Bonchev–Trinajstić information content (AvgIpc) is 2.33. The minimum atomic E-state index is 1.12. The Balaban J connectivity index is 1.68. The van der Waals surface area contributed by atoms with Gasteiger partial charge in [-0.15, -0.1) is 0 Å². The molecule has 0 aliphatic heterocycles. The molecule has 0 spiro atoms. The highest BCUT2D eigenvalue weighted by molar-refractivity contribution is 5.24. The van der Waals surface area contributed by atoms with E-state index >= 15 is 0 Å². The molecule has 14 heavy (non-hydrogen) atoms. The van der Waals surface area contributed by atoms with Crippen LogP contribution in [0.2, 0.25) is 0 Å². The zero-order valence-corrected chi connectivity index (χ0v) is 8.60. The second kappa shape index (κ2) is 1.99. The topological polar surface area (TPSA) is 0 Å². The molecule has 0 saturated heterocycles. The van der Waals surface area contributed by atoms with Crippen LogP contribution < -0.4 is 0 Å². The van der Waals surface area contributed by atoms with Crippen LogP contribution >= 0.6 is 0 Å². The predicted octanol–water partition coefficient (Wildman–Crippen LogP) is 3.10. The van der Waals surface area contributed by atoms with Crippen LogP contribution in [-0.4, -0.2) is 0 Å². The molecule has 0 aromatic rings. The van der Waals surface area contributed by atoms with Crippen molar-refractivity contribution in [3.63, 3.8) is 0 Å². The van der Waals surface area contributed by atoms with Crippen LogP contribution in [0.25, 0.3) is 0 Å². The summed E-state index contributed by atoms with van der Waals surface area (Å²) in [7, 11) is 0. The first-order valence-electron chi connectivity index (χ1n) is 6.60. The molecule has 8 fully saturated rings. The van der Waals surface area contributed by atoms with Crippen molar-refractivity contribution in [2.45, 2.75) is 25.7 Å². The molecule has 11 aliphatic carbocycles. The molecule has 0 heteroatoms. The average molecular weight is 186 g/mol. The van der Waals surface area contributed by atoms with Crippen LogP contribution in [0, 0.1) is 47.3 Å². The summed E-state index contributed by atoms with van der Waals surface area (Å²) in [5.41, 5.74) is 0. The maximum Gasteiger partial charge on any atom is -0.0312 e. The standard InChI is InChI=1S/C14H18/c1-2-4-8-6-10-11-7(3-1)5-9-12(8)14(11)13(9)10/h1-2,7-14H,3-6H2/b2-1+. The predicted molar refractivity (Wildman–Crippen MR) is 55.5 cm³/mol. The first-order chi connectivity index (χ1) is 6.95. The summed E-state index contributed by atoms with van der Waals surface area (Å²) in [5.74, 6) is 9.54. The normalized spacial score (nSPS) is 73.1. The van der Waals surface area contributed by atoms with Crippen LogP contribution in [0.15, 0.2) is 12.2 Å². The molecule has 0 amide bonds. The summed E-state index contributed by atoms with van der Waals surface area (Å²) in [6, 6.07) is 0. The van der Waals surface area contributed by atoms with Gasteiger partial charge in [-0.1, -0.05) is 12.2 Å². The van der Waals surface area contributed by atoms with Gasteiger partial charge in [0.15, 0.2) is 0 Å². The Hall–Kier alpha value is -0.260. The Kier molecular flexibility index (Phi) is 1.00. The van der Waals surface area contributed by atoms with Crippen LogP contribution in [0.4, 0.5) is 0 Å². The quantitative estimate of drug-likeness (QED) is 0.510. The molecular weight excluding hydrogens is 168 g/mol. The molecule has 6 unspecified atom stereocenters. The van der Waals surface area contributed by atoms with E-state index in [9.17, 15) is 0 Å². The summed E-state index contributed by atoms with van der Waals surface area (Å²) in [4.78, 5) is 0. The number of hydrogen-bond donors (Lipinski definition) is 0. The summed E-state index contributed by atoms with van der Waals surface area (Å²) in [6.07, 6.45) is 11.1. The second-order valence-corrected chi connectivity index (χ2v) is 6.57. The van der Waals surface area contributed by atoms with E-state index in [-0.39, 0.29) is 0 Å². The molecule has 11 rings (SSSR count). The lowest BCUT2D eigenvalue weighted by atomic mass is 9.24. The molecule has 6 atom stereocenters. The largest absolute Gasteiger partial charge is 0.0882 e. The molecule has 8 bridgehead atoms. The monoisotopic (exact) mass is 186 g/mol. The molecule has 0 N–H and O–H groups in total. The van der Waals surface area contributed by atoms with E-state index in [1.165, 1.54) is 48.3 Å². The molecule has 0 radical (unpaired) electrons. The first kappa shape index (κ1) is 7.09. The van der Waals surface area contributed by atoms with Gasteiger partial charge in [-0.2, -0.15) is 0 Å². The third-order valence-electron chi connectivity index (χ3n) is 6.59. The molecule has 74 valence electrons. The van der Waals surface area contributed by atoms with E-state index in [4.69, 9.17) is 0 Å². The molecule has 0 nitrogen and oxygen atoms in total. The van der Waals surface area contributed by atoms with Crippen molar-refractivity contribution >= 4 is 0 Å². The second-order valence-electron chi connectivity index (χ2n) is 6.57. The highest BCUT2D eigenvalue weighted by atomic mass is 14.8. The van der Waals surface area contributed by atoms with Crippen LogP contribution in [0.3, 0.4) is 0 Å². The summed E-state index contributed by atoms with van der Waals surface area (Å²) in [5, 5.41) is 0. The fraction of sp³-hybridized carbons (Fsp3) is 0.857. The van der Waals surface area contributed by atoms with Gasteiger partial charge in [-0.25, -0.2) is 0 Å². The van der Waals surface area contributed by atoms with E-state index in [0.29, 0.717) is 0 Å². The van der Waals surface area contributed by atoms with Crippen LogP contribution in [0.5, 0.6) is 0 Å². The number of rotatable bonds is 0. The van der Waals surface area contributed by atoms with Gasteiger partial charge in [0.25, 0.3) is 0 Å². The molecule has 11 aliphatic rings. The zero-order valence-electron chi connectivity index (χ0n) is 8.60. The Morgan fingerprint density at radius 3 is 1.71 bits per heavy atom. The Bertz CT molecular complexity index is 288. The zero-order chi connectivity index (χ0) is 8.86. The summed E-state index contributed by atoms with van der Waals surface area (Å²) < 4.78 is 0. The summed E-state index contributed by atoms with van der Waals surface area (Å²) in [6.45, 7) is 0. The third-order valence-corrected chi connectivity index (χ3v) is 6.59. The smallest absolute Gasteiger partial charge is 0.0312 e.